The van der Waals surface area contributed by atoms with E-state index in [2.05, 4.69) is 26.2 Å². The van der Waals surface area contributed by atoms with Gasteiger partial charge in [-0.15, -0.1) is 0 Å². The maximum Gasteiger partial charge on any atom is 0.252 e. The van der Waals surface area contributed by atoms with Crippen LogP contribution >= 0.6 is 15.9 Å². The molecule has 3 rings (SSSR count). The van der Waals surface area contributed by atoms with Crippen molar-refractivity contribution in [3.05, 3.63) is 64.4 Å². The van der Waals surface area contributed by atoms with E-state index in [1.807, 2.05) is 35.2 Å². The molecule has 0 radical (unpaired) electrons. The van der Waals surface area contributed by atoms with Gasteiger partial charge in [0.05, 0.1) is 5.56 Å². The molecule has 0 saturated carbocycles. The summed E-state index contributed by atoms with van der Waals surface area (Å²) in [6.45, 7) is 1.97. The van der Waals surface area contributed by atoms with Crippen LogP contribution in [0.3, 0.4) is 0 Å². The number of hydrogen-bond donors (Lipinski definition) is 1. The van der Waals surface area contributed by atoms with Crippen LogP contribution < -0.4 is 5.32 Å². The van der Waals surface area contributed by atoms with Crippen molar-refractivity contribution in [2.24, 2.45) is 5.92 Å². The fraction of sp³-hybridized carbons (Fsp3) is 0.350. The lowest BCUT2D eigenvalue weighted by molar-refractivity contribution is -0.131. The van der Waals surface area contributed by atoms with Crippen molar-refractivity contribution in [3.8, 4) is 0 Å². The van der Waals surface area contributed by atoms with E-state index in [-0.39, 0.29) is 11.8 Å². The number of aromatic nitrogens is 1. The smallest absolute Gasteiger partial charge is 0.252 e. The minimum Gasteiger partial charge on any atom is -0.352 e. The molecule has 0 aliphatic carbocycles. The van der Waals surface area contributed by atoms with Crippen molar-refractivity contribution in [3.63, 3.8) is 0 Å². The van der Waals surface area contributed by atoms with Crippen molar-refractivity contribution in [1.29, 1.82) is 0 Å². The summed E-state index contributed by atoms with van der Waals surface area (Å²) in [6.07, 6.45) is 5.44. The Balaban J connectivity index is 1.51. The number of carbonyl (C=O) groups is 2. The van der Waals surface area contributed by atoms with Gasteiger partial charge >= 0.3 is 0 Å². The summed E-state index contributed by atoms with van der Waals surface area (Å²) < 4.78 is 0.779. The van der Waals surface area contributed by atoms with Gasteiger partial charge in [0.15, 0.2) is 0 Å². The first-order valence-electron chi connectivity index (χ1n) is 8.82. The molecule has 136 valence electrons. The van der Waals surface area contributed by atoms with Crippen LogP contribution in [0.1, 0.15) is 35.2 Å². The third kappa shape index (κ3) is 5.14. The maximum absolute atomic E-state index is 12.4. The normalized spacial score (nSPS) is 17.7. The Kier molecular flexibility index (Phi) is 6.39. The minimum atomic E-state index is -0.129. The number of pyridine rings is 1. The van der Waals surface area contributed by atoms with Crippen LogP contribution in [-0.4, -0.2) is 34.8 Å². The molecule has 2 heterocycles. The number of nitrogens with zero attached hydrogens (tertiary/aromatic N) is 2. The first-order valence-corrected chi connectivity index (χ1v) is 9.61. The van der Waals surface area contributed by atoms with Gasteiger partial charge in [0.25, 0.3) is 5.91 Å². The largest absolute Gasteiger partial charge is 0.352 e. The standard InChI is InChI=1S/C20H22BrN3O2/c21-18-10-17(12-22-13-18)20(26)23-11-15-6-7-19(25)24(9-8-15)14-16-4-2-1-3-5-16/h1-5,10,12-13,15H,6-9,11,14H2,(H,23,26)/t15-/m0/s1. The number of likely N-dealkylation sites (tertiary alicyclic amines) is 1. The number of halogens is 1. The zero-order valence-electron chi connectivity index (χ0n) is 14.5. The van der Waals surface area contributed by atoms with Gasteiger partial charge in [-0.1, -0.05) is 30.3 Å². The van der Waals surface area contributed by atoms with E-state index in [9.17, 15) is 9.59 Å². The molecule has 2 amide bonds. The van der Waals surface area contributed by atoms with Crippen LogP contribution in [0.15, 0.2) is 53.3 Å². The van der Waals surface area contributed by atoms with Crippen LogP contribution in [0.4, 0.5) is 0 Å². The molecule has 0 unspecified atom stereocenters. The second kappa shape index (κ2) is 8.94. The quantitative estimate of drug-likeness (QED) is 0.813. The van der Waals surface area contributed by atoms with Gasteiger partial charge in [-0.25, -0.2) is 0 Å². The van der Waals surface area contributed by atoms with Gasteiger partial charge in [0, 0.05) is 42.9 Å². The molecule has 1 saturated heterocycles. The molecule has 1 aromatic carbocycles. The zero-order chi connectivity index (χ0) is 18.4. The lowest BCUT2D eigenvalue weighted by Gasteiger charge is -2.21. The van der Waals surface area contributed by atoms with E-state index in [0.717, 1.165) is 29.4 Å². The van der Waals surface area contributed by atoms with E-state index < -0.39 is 0 Å². The molecule has 0 spiro atoms. The topological polar surface area (TPSA) is 62.3 Å². The predicted octanol–water partition coefficient (Wildman–Crippen LogP) is 3.40. The minimum absolute atomic E-state index is 0.129. The van der Waals surface area contributed by atoms with Crippen molar-refractivity contribution in [1.82, 2.24) is 15.2 Å². The van der Waals surface area contributed by atoms with Crippen LogP contribution in [0.5, 0.6) is 0 Å². The highest BCUT2D eigenvalue weighted by Gasteiger charge is 2.23. The Hall–Kier alpha value is -2.21. The second-order valence-electron chi connectivity index (χ2n) is 6.60. The number of carbonyl (C=O) groups excluding carboxylic acids is 2. The molecule has 1 aromatic heterocycles. The average molecular weight is 416 g/mol. The number of benzene rings is 1. The summed E-state index contributed by atoms with van der Waals surface area (Å²) in [6, 6.07) is 11.8. The molecule has 0 bridgehead atoms. The highest BCUT2D eigenvalue weighted by molar-refractivity contribution is 9.10. The van der Waals surface area contributed by atoms with Crippen molar-refractivity contribution >= 4 is 27.7 Å². The second-order valence-corrected chi connectivity index (χ2v) is 7.51. The number of nitrogens with one attached hydrogen (secondary N) is 1. The molecule has 1 N–H and O–H groups in total. The Morgan fingerprint density at radius 3 is 2.81 bits per heavy atom. The van der Waals surface area contributed by atoms with E-state index >= 15 is 0 Å². The summed E-state index contributed by atoms with van der Waals surface area (Å²) in [5.74, 6) is 0.373. The van der Waals surface area contributed by atoms with Crippen molar-refractivity contribution in [2.75, 3.05) is 13.1 Å². The SMILES string of the molecule is O=C(NC[C@H]1CCC(=O)N(Cc2ccccc2)CC1)c1cncc(Br)c1. The molecular weight excluding hydrogens is 394 g/mol. The molecule has 6 heteroatoms. The number of hydrogen-bond acceptors (Lipinski definition) is 3. The Morgan fingerprint density at radius 1 is 1.23 bits per heavy atom. The third-order valence-electron chi connectivity index (χ3n) is 4.66. The van der Waals surface area contributed by atoms with Gasteiger partial charge in [-0.05, 0) is 46.3 Å². The Labute approximate surface area is 161 Å². The molecule has 1 aliphatic rings. The van der Waals surface area contributed by atoms with E-state index in [0.29, 0.717) is 31.0 Å². The fourth-order valence-corrected chi connectivity index (χ4v) is 3.51. The molecule has 1 atom stereocenters. The summed E-state index contributed by atoms with van der Waals surface area (Å²) in [4.78, 5) is 30.6. The first kappa shape index (κ1) is 18.6. The average Bonchev–Trinajstić information content (AvgIpc) is 2.83. The zero-order valence-corrected chi connectivity index (χ0v) is 16.1. The molecule has 5 nitrogen and oxygen atoms in total. The van der Waals surface area contributed by atoms with E-state index in [1.165, 1.54) is 0 Å². The molecule has 1 fully saturated rings. The van der Waals surface area contributed by atoms with Gasteiger partial charge in [0.2, 0.25) is 5.91 Å². The van der Waals surface area contributed by atoms with Crippen molar-refractivity contribution < 1.29 is 9.59 Å². The summed E-state index contributed by atoms with van der Waals surface area (Å²) in [5, 5.41) is 2.97. The van der Waals surface area contributed by atoms with Gasteiger partial charge in [-0.2, -0.15) is 0 Å². The third-order valence-corrected chi connectivity index (χ3v) is 5.09. The van der Waals surface area contributed by atoms with Crippen LogP contribution in [0, 0.1) is 5.92 Å². The summed E-state index contributed by atoms with van der Waals surface area (Å²) in [7, 11) is 0. The lowest BCUT2D eigenvalue weighted by atomic mass is 10.0. The van der Waals surface area contributed by atoms with Crippen molar-refractivity contribution in [2.45, 2.75) is 25.8 Å². The first-order chi connectivity index (χ1) is 12.6. The monoisotopic (exact) mass is 415 g/mol. The molecular formula is C20H22BrN3O2. The van der Waals surface area contributed by atoms with Crippen LogP contribution in [0.25, 0.3) is 0 Å². The Morgan fingerprint density at radius 2 is 2.04 bits per heavy atom. The highest BCUT2D eigenvalue weighted by atomic mass is 79.9. The Bertz CT molecular complexity index is 767. The van der Waals surface area contributed by atoms with Crippen LogP contribution in [-0.2, 0) is 11.3 Å². The molecule has 2 aromatic rings. The van der Waals surface area contributed by atoms with Gasteiger partial charge < -0.3 is 10.2 Å². The number of amides is 2. The molecule has 1 aliphatic heterocycles. The summed E-state index contributed by atoms with van der Waals surface area (Å²) in [5.41, 5.74) is 1.68. The summed E-state index contributed by atoms with van der Waals surface area (Å²) >= 11 is 3.32. The predicted molar refractivity (Wildman–Crippen MR) is 103 cm³/mol. The van der Waals surface area contributed by atoms with Crippen LogP contribution in [0.2, 0.25) is 0 Å². The van der Waals surface area contributed by atoms with E-state index in [4.69, 9.17) is 0 Å². The highest BCUT2D eigenvalue weighted by Crippen LogP contribution is 2.20. The van der Waals surface area contributed by atoms with Gasteiger partial charge in [0.1, 0.15) is 0 Å². The number of rotatable bonds is 5. The molecule has 26 heavy (non-hydrogen) atoms. The van der Waals surface area contributed by atoms with Gasteiger partial charge in [-0.3, -0.25) is 14.6 Å². The van der Waals surface area contributed by atoms with E-state index in [1.54, 1.807) is 18.5 Å². The fourth-order valence-electron chi connectivity index (χ4n) is 3.14. The lowest BCUT2D eigenvalue weighted by Crippen LogP contribution is -2.31. The maximum atomic E-state index is 12.4.